The first-order valence-corrected chi connectivity index (χ1v) is 16.6. The maximum Gasteiger partial charge on any atom is 0.407 e. The van der Waals surface area contributed by atoms with Gasteiger partial charge in [0.15, 0.2) is 0 Å². The molecule has 4 N–H and O–H groups in total. The normalized spacial score (nSPS) is 19.3. The van der Waals surface area contributed by atoms with Crippen LogP contribution in [0.15, 0.2) is 30.3 Å². The number of nitrogens with one attached hydrogen (secondary N) is 4. The molecule has 262 valence electrons. The SMILES string of the molecule is COC(=O)[C@H](C[C@@H]1CCNC1=O)NC(=O)[C@H](CC1CCCCC1)NC(=O)OC[C@@H](NC(=O)OCc1ccccc1)[C@@H](C)OC(C)(C)C. The Morgan fingerprint density at radius 1 is 0.894 bits per heavy atom. The Hall–Kier alpha value is -3.87. The van der Waals surface area contributed by atoms with E-state index in [1.807, 2.05) is 51.1 Å². The van der Waals surface area contributed by atoms with Gasteiger partial charge < -0.3 is 40.2 Å². The molecule has 1 aromatic rings. The number of carbonyl (C=O) groups is 5. The average molecular weight is 661 g/mol. The molecule has 0 unspecified atom stereocenters. The lowest BCUT2D eigenvalue weighted by molar-refractivity contribution is -0.146. The van der Waals surface area contributed by atoms with Crippen LogP contribution in [0.25, 0.3) is 0 Å². The van der Waals surface area contributed by atoms with Gasteiger partial charge in [-0.05, 0) is 58.4 Å². The summed E-state index contributed by atoms with van der Waals surface area (Å²) in [6.45, 7) is 7.67. The highest BCUT2D eigenvalue weighted by Gasteiger charge is 2.35. The van der Waals surface area contributed by atoms with Gasteiger partial charge in [0.25, 0.3) is 0 Å². The van der Waals surface area contributed by atoms with Crippen LogP contribution in [0.2, 0.25) is 0 Å². The van der Waals surface area contributed by atoms with Gasteiger partial charge in [-0.25, -0.2) is 14.4 Å². The Labute approximate surface area is 277 Å². The molecular formula is C34H52N4O9. The molecule has 1 aromatic carbocycles. The van der Waals surface area contributed by atoms with Gasteiger partial charge in [-0.1, -0.05) is 62.4 Å². The number of benzene rings is 1. The van der Waals surface area contributed by atoms with Crippen molar-refractivity contribution in [2.75, 3.05) is 20.3 Å². The van der Waals surface area contributed by atoms with Crippen LogP contribution in [-0.2, 0) is 39.9 Å². The van der Waals surface area contributed by atoms with Gasteiger partial charge >= 0.3 is 18.2 Å². The topological polar surface area (TPSA) is 170 Å². The first-order valence-electron chi connectivity index (χ1n) is 16.6. The molecule has 0 aromatic heterocycles. The van der Waals surface area contributed by atoms with Gasteiger partial charge in [0.05, 0.1) is 24.9 Å². The second-order valence-corrected chi connectivity index (χ2v) is 13.4. The minimum Gasteiger partial charge on any atom is -0.467 e. The molecule has 1 aliphatic carbocycles. The summed E-state index contributed by atoms with van der Waals surface area (Å²) in [6, 6.07) is 6.40. The molecule has 0 radical (unpaired) electrons. The van der Waals surface area contributed by atoms with Crippen molar-refractivity contribution in [2.24, 2.45) is 11.8 Å². The minimum absolute atomic E-state index is 0.0607. The van der Waals surface area contributed by atoms with Gasteiger partial charge in [0.2, 0.25) is 11.8 Å². The lowest BCUT2D eigenvalue weighted by atomic mass is 9.84. The first-order chi connectivity index (χ1) is 22.3. The molecule has 0 bridgehead atoms. The molecule has 2 aliphatic rings. The van der Waals surface area contributed by atoms with Crippen LogP contribution < -0.4 is 21.3 Å². The van der Waals surface area contributed by atoms with E-state index >= 15 is 0 Å². The van der Waals surface area contributed by atoms with E-state index in [1.54, 1.807) is 6.92 Å². The fourth-order valence-corrected chi connectivity index (χ4v) is 5.97. The standard InChI is InChI=1S/C34H52N4O9/c1-22(47-34(2,3)4)28(38-33(43)45-20-24-14-10-7-11-15-24)21-46-32(42)37-26(18-23-12-8-6-9-13-23)30(40)36-27(31(41)44-5)19-25-16-17-35-29(25)39/h7,10-11,14-15,22-23,25-28H,6,8-9,12-13,16-21H2,1-5H3,(H,35,39)(H,36,40)(H,37,42)(H,38,43)/t22-,25+,26+,27+,28-/m1/s1. The van der Waals surface area contributed by atoms with Gasteiger partial charge in [-0.2, -0.15) is 0 Å². The van der Waals surface area contributed by atoms with Crippen molar-refractivity contribution in [3.05, 3.63) is 35.9 Å². The lowest BCUT2D eigenvalue weighted by Gasteiger charge is -2.31. The zero-order valence-electron chi connectivity index (χ0n) is 28.3. The number of ether oxygens (including phenoxy) is 4. The first kappa shape index (κ1) is 37.6. The molecule has 47 heavy (non-hydrogen) atoms. The number of carbonyl (C=O) groups excluding carboxylic acids is 5. The molecular weight excluding hydrogens is 608 g/mol. The Morgan fingerprint density at radius 3 is 2.19 bits per heavy atom. The number of alkyl carbamates (subject to hydrolysis) is 2. The maximum absolute atomic E-state index is 13.6. The summed E-state index contributed by atoms with van der Waals surface area (Å²) >= 11 is 0. The van der Waals surface area contributed by atoms with Crippen LogP contribution >= 0.6 is 0 Å². The monoisotopic (exact) mass is 660 g/mol. The third-order valence-corrected chi connectivity index (χ3v) is 8.40. The summed E-state index contributed by atoms with van der Waals surface area (Å²) in [5.41, 5.74) is 0.269. The van der Waals surface area contributed by atoms with Gasteiger partial charge in [0.1, 0.15) is 25.3 Å². The summed E-state index contributed by atoms with van der Waals surface area (Å²) in [7, 11) is 1.22. The Bertz CT molecular complexity index is 1180. The van der Waals surface area contributed by atoms with Gasteiger partial charge in [0, 0.05) is 12.5 Å². The summed E-state index contributed by atoms with van der Waals surface area (Å²) < 4.78 is 21.9. The van der Waals surface area contributed by atoms with Crippen LogP contribution in [0, 0.1) is 11.8 Å². The van der Waals surface area contributed by atoms with Crippen molar-refractivity contribution in [1.82, 2.24) is 21.3 Å². The second-order valence-electron chi connectivity index (χ2n) is 13.4. The van der Waals surface area contributed by atoms with Crippen molar-refractivity contribution in [1.29, 1.82) is 0 Å². The number of amides is 4. The van der Waals surface area contributed by atoms with Crippen molar-refractivity contribution < 1.29 is 42.9 Å². The molecule has 4 amide bonds. The van der Waals surface area contributed by atoms with E-state index in [0.29, 0.717) is 19.4 Å². The highest BCUT2D eigenvalue weighted by Crippen LogP contribution is 2.28. The molecule has 1 aliphatic heterocycles. The quantitative estimate of drug-likeness (QED) is 0.162. The maximum atomic E-state index is 13.6. The van der Waals surface area contributed by atoms with E-state index in [4.69, 9.17) is 18.9 Å². The molecule has 3 rings (SSSR count). The van der Waals surface area contributed by atoms with Crippen molar-refractivity contribution in [2.45, 2.75) is 115 Å². The third kappa shape index (κ3) is 13.4. The van der Waals surface area contributed by atoms with Crippen LogP contribution in [0.4, 0.5) is 9.59 Å². The van der Waals surface area contributed by atoms with Crippen LogP contribution in [-0.4, -0.2) is 80.1 Å². The smallest absolute Gasteiger partial charge is 0.407 e. The van der Waals surface area contributed by atoms with E-state index in [0.717, 1.165) is 37.7 Å². The van der Waals surface area contributed by atoms with Gasteiger partial charge in [-0.3, -0.25) is 9.59 Å². The molecule has 1 saturated carbocycles. The molecule has 0 spiro atoms. The fourth-order valence-electron chi connectivity index (χ4n) is 5.97. The number of methoxy groups -OCH3 is 1. The van der Waals surface area contributed by atoms with Crippen LogP contribution in [0.1, 0.15) is 84.6 Å². The highest BCUT2D eigenvalue weighted by molar-refractivity contribution is 5.90. The van der Waals surface area contributed by atoms with E-state index in [2.05, 4.69) is 21.3 Å². The molecule has 5 atom stereocenters. The minimum atomic E-state index is -1.06. The number of hydrogen-bond donors (Lipinski definition) is 4. The largest absolute Gasteiger partial charge is 0.467 e. The molecule has 13 nitrogen and oxygen atoms in total. The van der Waals surface area contributed by atoms with Crippen molar-refractivity contribution >= 4 is 30.0 Å². The van der Waals surface area contributed by atoms with E-state index in [1.165, 1.54) is 7.11 Å². The molecule has 2 fully saturated rings. The highest BCUT2D eigenvalue weighted by atomic mass is 16.6. The summed E-state index contributed by atoms with van der Waals surface area (Å²) in [6.07, 6.45) is 3.88. The summed E-state index contributed by atoms with van der Waals surface area (Å²) in [5, 5.41) is 10.9. The molecule has 13 heteroatoms. The number of rotatable bonds is 15. The molecule has 1 saturated heterocycles. The predicted molar refractivity (Wildman–Crippen MR) is 173 cm³/mol. The number of esters is 1. The third-order valence-electron chi connectivity index (χ3n) is 8.40. The fraction of sp³-hybridized carbons (Fsp3) is 0.676. The van der Waals surface area contributed by atoms with Crippen LogP contribution in [0.3, 0.4) is 0 Å². The van der Waals surface area contributed by atoms with Crippen molar-refractivity contribution in [3.63, 3.8) is 0 Å². The van der Waals surface area contributed by atoms with Gasteiger partial charge in [-0.15, -0.1) is 0 Å². The zero-order valence-corrected chi connectivity index (χ0v) is 28.3. The summed E-state index contributed by atoms with van der Waals surface area (Å²) in [5.74, 6) is -1.64. The molecule has 1 heterocycles. The second kappa shape index (κ2) is 18.5. The Balaban J connectivity index is 1.66. The van der Waals surface area contributed by atoms with Crippen LogP contribution in [0.5, 0.6) is 0 Å². The predicted octanol–water partition coefficient (Wildman–Crippen LogP) is 3.73. The zero-order chi connectivity index (χ0) is 34.4. The Morgan fingerprint density at radius 2 is 1.57 bits per heavy atom. The van der Waals surface area contributed by atoms with E-state index in [-0.39, 0.29) is 31.5 Å². The van der Waals surface area contributed by atoms with E-state index < -0.39 is 59.8 Å². The van der Waals surface area contributed by atoms with Crippen molar-refractivity contribution in [3.8, 4) is 0 Å². The van der Waals surface area contributed by atoms with E-state index in [9.17, 15) is 24.0 Å². The lowest BCUT2D eigenvalue weighted by Crippen LogP contribution is -2.54. The summed E-state index contributed by atoms with van der Waals surface area (Å²) in [4.78, 5) is 64.2. The number of hydrogen-bond acceptors (Lipinski definition) is 9. The Kier molecular flexibility index (Phi) is 14.8. The average Bonchev–Trinajstić information content (AvgIpc) is 3.44.